The summed E-state index contributed by atoms with van der Waals surface area (Å²) in [6.07, 6.45) is 1.90. The van der Waals surface area contributed by atoms with Gasteiger partial charge in [0.15, 0.2) is 18.2 Å². The van der Waals surface area contributed by atoms with E-state index in [0.717, 1.165) is 12.8 Å². The van der Waals surface area contributed by atoms with E-state index in [4.69, 9.17) is 9.47 Å². The summed E-state index contributed by atoms with van der Waals surface area (Å²) >= 11 is 0. The number of benzene rings is 1. The van der Waals surface area contributed by atoms with Crippen LogP contribution in [0.3, 0.4) is 0 Å². The van der Waals surface area contributed by atoms with Gasteiger partial charge in [-0.05, 0) is 25.0 Å². The first-order valence-electron chi connectivity index (χ1n) is 6.38. The number of nitrogens with zero attached hydrogens (tertiary/aromatic N) is 1. The van der Waals surface area contributed by atoms with E-state index in [2.05, 4.69) is 0 Å². The van der Waals surface area contributed by atoms with E-state index < -0.39 is 5.82 Å². The molecule has 0 aromatic heterocycles. The summed E-state index contributed by atoms with van der Waals surface area (Å²) in [6, 6.07) is 6.08. The van der Waals surface area contributed by atoms with Crippen LogP contribution < -0.4 is 4.74 Å². The highest BCUT2D eigenvalue weighted by atomic mass is 19.1. The van der Waals surface area contributed by atoms with Gasteiger partial charge in [0, 0.05) is 20.2 Å². The lowest BCUT2D eigenvalue weighted by Crippen LogP contribution is -2.42. The topological polar surface area (TPSA) is 38.8 Å². The first-order chi connectivity index (χ1) is 9.20. The number of ether oxygens (including phenoxy) is 2. The first-order valence-corrected chi connectivity index (χ1v) is 6.38. The van der Waals surface area contributed by atoms with Gasteiger partial charge >= 0.3 is 0 Å². The minimum absolute atomic E-state index is 0.113. The maximum Gasteiger partial charge on any atom is 0.260 e. The molecule has 4 nitrogen and oxygen atoms in total. The van der Waals surface area contributed by atoms with Crippen molar-refractivity contribution in [3.05, 3.63) is 30.1 Å². The maximum atomic E-state index is 13.3. The third-order valence-electron chi connectivity index (χ3n) is 3.32. The largest absolute Gasteiger partial charge is 0.481 e. The second-order valence-electron chi connectivity index (χ2n) is 4.53. The smallest absolute Gasteiger partial charge is 0.260 e. The molecule has 1 aliphatic heterocycles. The SMILES string of the molecule is COC1CCN(C(=O)COc2ccccc2F)CC1. The fraction of sp³-hybridized carbons (Fsp3) is 0.500. The van der Waals surface area contributed by atoms with Gasteiger partial charge < -0.3 is 14.4 Å². The number of carbonyl (C=O) groups excluding carboxylic acids is 1. The lowest BCUT2D eigenvalue weighted by Gasteiger charge is -2.31. The minimum atomic E-state index is -0.451. The van der Waals surface area contributed by atoms with Crippen molar-refractivity contribution in [2.45, 2.75) is 18.9 Å². The Labute approximate surface area is 112 Å². The Hall–Kier alpha value is -1.62. The summed E-state index contributed by atoms with van der Waals surface area (Å²) in [4.78, 5) is 13.6. The number of halogens is 1. The van der Waals surface area contributed by atoms with Gasteiger partial charge in [0.05, 0.1) is 6.10 Å². The van der Waals surface area contributed by atoms with Crippen LogP contribution in [0.4, 0.5) is 4.39 Å². The molecule has 0 aliphatic carbocycles. The van der Waals surface area contributed by atoms with Gasteiger partial charge in [-0.15, -0.1) is 0 Å². The van der Waals surface area contributed by atoms with Crippen LogP contribution in [0.2, 0.25) is 0 Å². The van der Waals surface area contributed by atoms with Crippen molar-refractivity contribution < 1.29 is 18.7 Å². The number of likely N-dealkylation sites (tertiary alicyclic amines) is 1. The average Bonchev–Trinajstić information content (AvgIpc) is 2.46. The van der Waals surface area contributed by atoms with Gasteiger partial charge in [0.25, 0.3) is 5.91 Å². The van der Waals surface area contributed by atoms with Crippen molar-refractivity contribution in [2.24, 2.45) is 0 Å². The fourth-order valence-electron chi connectivity index (χ4n) is 2.13. The molecule has 0 atom stereocenters. The number of hydrogen-bond donors (Lipinski definition) is 0. The predicted molar refractivity (Wildman–Crippen MR) is 68.5 cm³/mol. The number of methoxy groups -OCH3 is 1. The maximum absolute atomic E-state index is 13.3. The molecule has 1 heterocycles. The van der Waals surface area contributed by atoms with Crippen molar-refractivity contribution in [3.8, 4) is 5.75 Å². The molecule has 5 heteroatoms. The lowest BCUT2D eigenvalue weighted by molar-refractivity contribution is -0.135. The summed E-state index contributed by atoms with van der Waals surface area (Å²) in [5, 5.41) is 0. The van der Waals surface area contributed by atoms with Crippen LogP contribution in [0.1, 0.15) is 12.8 Å². The number of para-hydroxylation sites is 1. The van der Waals surface area contributed by atoms with Gasteiger partial charge in [0.1, 0.15) is 0 Å². The molecular formula is C14H18FNO3. The molecule has 1 aliphatic rings. The van der Waals surface area contributed by atoms with Crippen LogP contribution in [0, 0.1) is 5.82 Å². The van der Waals surface area contributed by atoms with Crippen molar-refractivity contribution in [1.29, 1.82) is 0 Å². The molecule has 104 valence electrons. The molecule has 1 aromatic carbocycles. The molecule has 2 rings (SSSR count). The van der Waals surface area contributed by atoms with Gasteiger partial charge in [-0.2, -0.15) is 0 Å². The normalized spacial score (nSPS) is 16.4. The zero-order valence-corrected chi connectivity index (χ0v) is 11.0. The Morgan fingerprint density at radius 2 is 2.05 bits per heavy atom. The summed E-state index contributed by atoms with van der Waals surface area (Å²) in [7, 11) is 1.68. The Kier molecular flexibility index (Phi) is 4.74. The van der Waals surface area contributed by atoms with Crippen LogP contribution in [0.25, 0.3) is 0 Å². The number of rotatable bonds is 4. The quantitative estimate of drug-likeness (QED) is 0.835. The molecule has 0 saturated carbocycles. The fourth-order valence-corrected chi connectivity index (χ4v) is 2.13. The summed E-state index contributed by atoms with van der Waals surface area (Å²) < 4.78 is 23.8. The van der Waals surface area contributed by atoms with Crippen molar-refractivity contribution in [1.82, 2.24) is 4.90 Å². The second kappa shape index (κ2) is 6.52. The Balaban J connectivity index is 1.81. The highest BCUT2D eigenvalue weighted by molar-refractivity contribution is 5.77. The highest BCUT2D eigenvalue weighted by Gasteiger charge is 2.22. The molecule has 0 unspecified atom stereocenters. The van der Waals surface area contributed by atoms with E-state index in [0.29, 0.717) is 13.1 Å². The van der Waals surface area contributed by atoms with Crippen molar-refractivity contribution in [2.75, 3.05) is 26.8 Å². The van der Waals surface area contributed by atoms with Crippen LogP contribution in [0.5, 0.6) is 5.75 Å². The molecule has 19 heavy (non-hydrogen) atoms. The first kappa shape index (κ1) is 13.8. The van der Waals surface area contributed by atoms with Crippen LogP contribution >= 0.6 is 0 Å². The molecule has 1 saturated heterocycles. The van der Waals surface area contributed by atoms with Gasteiger partial charge in [0.2, 0.25) is 0 Å². The van der Waals surface area contributed by atoms with E-state index in [1.165, 1.54) is 12.1 Å². The minimum Gasteiger partial charge on any atom is -0.481 e. The van der Waals surface area contributed by atoms with Gasteiger partial charge in [-0.25, -0.2) is 4.39 Å². The summed E-state index contributed by atoms with van der Waals surface area (Å²) in [5.41, 5.74) is 0. The second-order valence-corrected chi connectivity index (χ2v) is 4.53. The Bertz CT molecular complexity index is 430. The number of carbonyl (C=O) groups is 1. The molecule has 0 spiro atoms. The molecule has 0 radical (unpaired) electrons. The Morgan fingerprint density at radius 1 is 1.37 bits per heavy atom. The molecule has 1 amide bonds. The zero-order valence-electron chi connectivity index (χ0n) is 11.0. The van der Waals surface area contributed by atoms with Crippen LogP contribution in [-0.2, 0) is 9.53 Å². The molecule has 1 fully saturated rings. The van der Waals surface area contributed by atoms with Gasteiger partial charge in [-0.3, -0.25) is 4.79 Å². The zero-order chi connectivity index (χ0) is 13.7. The highest BCUT2D eigenvalue weighted by Crippen LogP contribution is 2.16. The summed E-state index contributed by atoms with van der Waals surface area (Å²) in [6.45, 7) is 1.20. The number of piperidine rings is 1. The third-order valence-corrected chi connectivity index (χ3v) is 3.32. The van der Waals surface area contributed by atoms with E-state index >= 15 is 0 Å². The number of hydrogen-bond acceptors (Lipinski definition) is 3. The van der Waals surface area contributed by atoms with Gasteiger partial charge in [-0.1, -0.05) is 12.1 Å². The van der Waals surface area contributed by atoms with Crippen LogP contribution in [0.15, 0.2) is 24.3 Å². The molecule has 0 bridgehead atoms. The van der Waals surface area contributed by atoms with E-state index in [1.807, 2.05) is 0 Å². The predicted octanol–water partition coefficient (Wildman–Crippen LogP) is 1.84. The van der Waals surface area contributed by atoms with Crippen molar-refractivity contribution in [3.63, 3.8) is 0 Å². The van der Waals surface area contributed by atoms with E-state index in [9.17, 15) is 9.18 Å². The van der Waals surface area contributed by atoms with E-state index in [1.54, 1.807) is 24.1 Å². The monoisotopic (exact) mass is 267 g/mol. The average molecular weight is 267 g/mol. The standard InChI is InChI=1S/C14H18FNO3/c1-18-11-6-8-16(9-7-11)14(17)10-19-13-5-3-2-4-12(13)15/h2-5,11H,6-10H2,1H3. The molecular weight excluding hydrogens is 249 g/mol. The van der Waals surface area contributed by atoms with Crippen LogP contribution in [-0.4, -0.2) is 43.7 Å². The molecule has 0 N–H and O–H groups in total. The summed E-state index contributed by atoms with van der Waals surface area (Å²) in [5.74, 6) is -0.450. The van der Waals surface area contributed by atoms with Crippen molar-refractivity contribution >= 4 is 5.91 Å². The third kappa shape index (κ3) is 3.67. The molecule has 1 aromatic rings. The van der Waals surface area contributed by atoms with E-state index in [-0.39, 0.29) is 24.4 Å². The lowest BCUT2D eigenvalue weighted by atomic mass is 10.1. The number of amides is 1. The Morgan fingerprint density at radius 3 is 2.68 bits per heavy atom.